The minimum atomic E-state index is 0.654. The van der Waals surface area contributed by atoms with E-state index in [0.717, 1.165) is 37.8 Å². The quantitative estimate of drug-likeness (QED) is 0.715. The van der Waals surface area contributed by atoms with Crippen LogP contribution in [0.25, 0.3) is 0 Å². The number of thiocarbonyl (C=S) groups is 1. The number of nitrogens with one attached hydrogen (secondary N) is 1. The van der Waals surface area contributed by atoms with Gasteiger partial charge in [0.25, 0.3) is 0 Å². The average molecular weight is 216 g/mol. The Bertz CT molecular complexity index is 187. The highest BCUT2D eigenvalue weighted by molar-refractivity contribution is 7.80. The summed E-state index contributed by atoms with van der Waals surface area (Å²) in [6.07, 6.45) is 2.32. The Labute approximate surface area is 91.8 Å². The zero-order valence-corrected chi connectivity index (χ0v) is 9.90. The summed E-state index contributed by atoms with van der Waals surface area (Å²) in [5.41, 5.74) is 0. The zero-order chi connectivity index (χ0) is 10.4. The third-order valence-electron chi connectivity index (χ3n) is 2.50. The van der Waals surface area contributed by atoms with E-state index in [1.54, 1.807) is 7.11 Å². The van der Waals surface area contributed by atoms with Crippen LogP contribution in [-0.4, -0.2) is 43.4 Å². The summed E-state index contributed by atoms with van der Waals surface area (Å²) in [5.74, 6) is 0.654. The molecule has 3 nitrogen and oxygen atoms in total. The van der Waals surface area contributed by atoms with E-state index in [9.17, 15) is 0 Å². The molecule has 82 valence electrons. The van der Waals surface area contributed by atoms with E-state index < -0.39 is 0 Å². The maximum Gasteiger partial charge on any atom is 0.168 e. The molecule has 4 heteroatoms. The summed E-state index contributed by atoms with van der Waals surface area (Å²) >= 11 is 5.29. The van der Waals surface area contributed by atoms with Crippen LogP contribution in [0.5, 0.6) is 0 Å². The molecular weight excluding hydrogens is 196 g/mol. The first-order valence-electron chi connectivity index (χ1n) is 5.29. The third kappa shape index (κ3) is 3.42. The summed E-state index contributed by atoms with van der Waals surface area (Å²) in [5, 5.41) is 4.16. The lowest BCUT2D eigenvalue weighted by molar-refractivity contribution is 0.157. The fraction of sp³-hybridized carbons (Fsp3) is 0.900. The second-order valence-electron chi connectivity index (χ2n) is 3.79. The molecule has 0 aromatic rings. The van der Waals surface area contributed by atoms with Crippen LogP contribution in [0.2, 0.25) is 0 Å². The average Bonchev–Trinajstić information content (AvgIpc) is 2.63. The molecule has 0 amide bonds. The smallest absolute Gasteiger partial charge is 0.168 e. The van der Waals surface area contributed by atoms with Gasteiger partial charge in [0.2, 0.25) is 0 Å². The van der Waals surface area contributed by atoms with Gasteiger partial charge in [0.1, 0.15) is 0 Å². The van der Waals surface area contributed by atoms with E-state index in [4.69, 9.17) is 17.0 Å². The summed E-state index contributed by atoms with van der Waals surface area (Å²) in [6.45, 7) is 6.09. The van der Waals surface area contributed by atoms with Gasteiger partial charge in [-0.25, -0.2) is 0 Å². The van der Waals surface area contributed by atoms with E-state index >= 15 is 0 Å². The van der Waals surface area contributed by atoms with Crippen LogP contribution in [0.1, 0.15) is 19.8 Å². The number of nitrogens with zero attached hydrogens (tertiary/aromatic N) is 1. The van der Waals surface area contributed by atoms with Gasteiger partial charge in [0, 0.05) is 32.7 Å². The molecule has 1 saturated heterocycles. The van der Waals surface area contributed by atoms with Gasteiger partial charge in [-0.15, -0.1) is 0 Å². The van der Waals surface area contributed by atoms with Gasteiger partial charge in [-0.3, -0.25) is 0 Å². The molecule has 0 aliphatic carbocycles. The van der Waals surface area contributed by atoms with Crippen molar-refractivity contribution in [3.63, 3.8) is 0 Å². The predicted octanol–water partition coefficient (Wildman–Crippen LogP) is 1.24. The molecular formula is C10H20N2OS. The molecule has 14 heavy (non-hydrogen) atoms. The van der Waals surface area contributed by atoms with E-state index in [1.807, 2.05) is 0 Å². The lowest BCUT2D eigenvalue weighted by atomic mass is 10.1. The number of rotatable bonds is 4. The van der Waals surface area contributed by atoms with Gasteiger partial charge in [0.15, 0.2) is 5.11 Å². The van der Waals surface area contributed by atoms with Crippen molar-refractivity contribution in [2.45, 2.75) is 19.8 Å². The Morgan fingerprint density at radius 2 is 2.43 bits per heavy atom. The summed E-state index contributed by atoms with van der Waals surface area (Å²) < 4.78 is 5.14. The van der Waals surface area contributed by atoms with Crippen molar-refractivity contribution < 1.29 is 4.74 Å². The first kappa shape index (κ1) is 11.7. The first-order valence-corrected chi connectivity index (χ1v) is 5.70. The van der Waals surface area contributed by atoms with Crippen molar-refractivity contribution in [3.05, 3.63) is 0 Å². The Morgan fingerprint density at radius 1 is 1.64 bits per heavy atom. The molecule has 0 aromatic heterocycles. The van der Waals surface area contributed by atoms with E-state index in [-0.39, 0.29) is 0 Å². The van der Waals surface area contributed by atoms with Gasteiger partial charge >= 0.3 is 0 Å². The summed E-state index contributed by atoms with van der Waals surface area (Å²) in [4.78, 5) is 2.24. The number of hydrogen-bond acceptors (Lipinski definition) is 2. The molecule has 1 rings (SSSR count). The van der Waals surface area contributed by atoms with Gasteiger partial charge in [-0.05, 0) is 25.1 Å². The monoisotopic (exact) mass is 216 g/mol. The standard InChI is InChI=1S/C10H20N2OS/c1-3-5-11-10(14)12-6-4-9(7-12)8-13-2/h9H,3-8H2,1-2H3,(H,11,14). The first-order chi connectivity index (χ1) is 6.77. The van der Waals surface area contributed by atoms with Gasteiger partial charge < -0.3 is 15.0 Å². The third-order valence-corrected chi connectivity index (χ3v) is 2.90. The van der Waals surface area contributed by atoms with Gasteiger partial charge in [-0.1, -0.05) is 6.92 Å². The molecule has 1 aliphatic heterocycles. The molecule has 1 unspecified atom stereocenters. The van der Waals surface area contributed by atoms with Crippen molar-refractivity contribution in [1.29, 1.82) is 0 Å². The number of methoxy groups -OCH3 is 1. The van der Waals surface area contributed by atoms with Gasteiger partial charge in [-0.2, -0.15) is 0 Å². The van der Waals surface area contributed by atoms with E-state index in [1.165, 1.54) is 6.42 Å². The Hall–Kier alpha value is -0.350. The molecule has 1 atom stereocenters. The van der Waals surface area contributed by atoms with Crippen LogP contribution >= 0.6 is 12.2 Å². The fourth-order valence-electron chi connectivity index (χ4n) is 1.73. The molecule has 0 aromatic carbocycles. The zero-order valence-electron chi connectivity index (χ0n) is 9.08. The highest BCUT2D eigenvalue weighted by Gasteiger charge is 2.23. The van der Waals surface area contributed by atoms with Crippen LogP contribution in [0.4, 0.5) is 0 Å². The highest BCUT2D eigenvalue weighted by Crippen LogP contribution is 2.16. The lowest BCUT2D eigenvalue weighted by Crippen LogP contribution is -2.38. The fourth-order valence-corrected chi connectivity index (χ4v) is 2.00. The number of likely N-dealkylation sites (tertiary alicyclic amines) is 1. The van der Waals surface area contributed by atoms with E-state index in [0.29, 0.717) is 5.92 Å². The van der Waals surface area contributed by atoms with Crippen molar-refractivity contribution in [3.8, 4) is 0 Å². The lowest BCUT2D eigenvalue weighted by Gasteiger charge is -2.20. The molecule has 1 N–H and O–H groups in total. The maximum absolute atomic E-state index is 5.29. The largest absolute Gasteiger partial charge is 0.384 e. The maximum atomic E-state index is 5.29. The van der Waals surface area contributed by atoms with Crippen LogP contribution < -0.4 is 5.32 Å². The van der Waals surface area contributed by atoms with Crippen LogP contribution in [0.3, 0.4) is 0 Å². The SMILES string of the molecule is CCCNC(=S)N1CCC(COC)C1. The molecule has 0 spiro atoms. The van der Waals surface area contributed by atoms with Crippen molar-refractivity contribution in [2.24, 2.45) is 5.92 Å². The predicted molar refractivity (Wildman–Crippen MR) is 62.4 cm³/mol. The Kier molecular flexibility index (Phi) is 5.19. The van der Waals surface area contributed by atoms with Crippen molar-refractivity contribution in [2.75, 3.05) is 33.4 Å². The van der Waals surface area contributed by atoms with Crippen LogP contribution in [-0.2, 0) is 4.74 Å². The minimum absolute atomic E-state index is 0.654. The number of hydrogen-bond donors (Lipinski definition) is 1. The highest BCUT2D eigenvalue weighted by atomic mass is 32.1. The Balaban J connectivity index is 2.23. The van der Waals surface area contributed by atoms with Crippen LogP contribution in [0.15, 0.2) is 0 Å². The number of ether oxygens (including phenoxy) is 1. The summed E-state index contributed by atoms with van der Waals surface area (Å²) in [7, 11) is 1.76. The van der Waals surface area contributed by atoms with Gasteiger partial charge in [0.05, 0.1) is 6.61 Å². The second kappa shape index (κ2) is 6.19. The molecule has 0 radical (unpaired) electrons. The van der Waals surface area contributed by atoms with Crippen molar-refractivity contribution in [1.82, 2.24) is 10.2 Å². The summed E-state index contributed by atoms with van der Waals surface area (Å²) in [6, 6.07) is 0. The molecule has 1 aliphatic rings. The molecule has 0 saturated carbocycles. The second-order valence-corrected chi connectivity index (χ2v) is 4.17. The molecule has 1 fully saturated rings. The molecule has 0 bridgehead atoms. The Morgan fingerprint density at radius 3 is 3.07 bits per heavy atom. The molecule has 1 heterocycles. The topological polar surface area (TPSA) is 24.5 Å². The van der Waals surface area contributed by atoms with Crippen molar-refractivity contribution >= 4 is 17.3 Å². The normalized spacial score (nSPS) is 21.3. The minimum Gasteiger partial charge on any atom is -0.384 e. The van der Waals surface area contributed by atoms with E-state index in [2.05, 4.69) is 17.1 Å². The van der Waals surface area contributed by atoms with Crippen LogP contribution in [0, 0.1) is 5.92 Å².